The Morgan fingerprint density at radius 3 is 2.36 bits per heavy atom. The van der Waals surface area contributed by atoms with E-state index in [1.807, 2.05) is 11.8 Å². The fraction of sp³-hybridized carbons (Fsp3) is 1.00. The molecule has 0 amide bonds. The van der Waals surface area contributed by atoms with E-state index in [0.29, 0.717) is 0 Å². The number of likely N-dealkylation sites (N-methyl/N-ethyl adjacent to an activating group) is 1. The van der Waals surface area contributed by atoms with Gasteiger partial charge >= 0.3 is 0 Å². The molecule has 0 heterocycles. The summed E-state index contributed by atoms with van der Waals surface area (Å²) < 4.78 is 0. The number of hydrogen-bond donors (Lipinski definition) is 1. The van der Waals surface area contributed by atoms with Crippen LogP contribution in [-0.2, 0) is 0 Å². The number of unbranched alkanes of at least 4 members (excludes halogenated alkanes) is 1. The number of thioether (sulfide) groups is 1. The van der Waals surface area contributed by atoms with Gasteiger partial charge in [-0.25, -0.2) is 0 Å². The van der Waals surface area contributed by atoms with Crippen LogP contribution in [0.4, 0.5) is 0 Å². The normalized spacial score (nSPS) is 13.5. The van der Waals surface area contributed by atoms with Gasteiger partial charge in [0.2, 0.25) is 0 Å². The fourth-order valence-electron chi connectivity index (χ4n) is 1.30. The molecule has 0 aromatic heterocycles. The van der Waals surface area contributed by atoms with Gasteiger partial charge in [0.1, 0.15) is 0 Å². The summed E-state index contributed by atoms with van der Waals surface area (Å²) in [5, 5.41) is 9.72. The number of hydrogen-bond acceptors (Lipinski definition) is 3. The predicted octanol–water partition coefficient (Wildman–Crippen LogP) is 2.22. The standard InChI is InChI=1S/C11H25NOS/c1-4-7-8-14-10-11(13)9-12(5-2)6-3/h11,13H,4-10H2,1-3H3. The molecule has 0 aromatic carbocycles. The third kappa shape index (κ3) is 7.65. The van der Waals surface area contributed by atoms with Gasteiger partial charge in [0.25, 0.3) is 0 Å². The van der Waals surface area contributed by atoms with Crippen LogP contribution in [0.25, 0.3) is 0 Å². The zero-order valence-electron chi connectivity index (χ0n) is 9.83. The largest absolute Gasteiger partial charge is 0.391 e. The molecule has 0 aromatic rings. The first kappa shape index (κ1) is 14.3. The summed E-state index contributed by atoms with van der Waals surface area (Å²) >= 11 is 1.87. The first-order chi connectivity index (χ1) is 6.74. The highest BCUT2D eigenvalue weighted by molar-refractivity contribution is 7.99. The second-order valence-corrected chi connectivity index (χ2v) is 4.72. The van der Waals surface area contributed by atoms with Gasteiger partial charge in [0.15, 0.2) is 0 Å². The van der Waals surface area contributed by atoms with Crippen LogP contribution in [0.1, 0.15) is 33.6 Å². The van der Waals surface area contributed by atoms with E-state index in [9.17, 15) is 5.11 Å². The minimum Gasteiger partial charge on any atom is -0.391 e. The molecule has 0 bridgehead atoms. The Kier molecular flexibility index (Phi) is 10.0. The monoisotopic (exact) mass is 219 g/mol. The quantitative estimate of drug-likeness (QED) is 0.602. The highest BCUT2D eigenvalue weighted by Gasteiger charge is 2.08. The molecule has 0 aliphatic rings. The van der Waals surface area contributed by atoms with Crippen LogP contribution in [0.5, 0.6) is 0 Å². The molecule has 0 radical (unpaired) electrons. The van der Waals surface area contributed by atoms with Gasteiger partial charge in [0.05, 0.1) is 6.10 Å². The lowest BCUT2D eigenvalue weighted by Gasteiger charge is -2.21. The molecule has 0 aliphatic heterocycles. The van der Waals surface area contributed by atoms with Gasteiger partial charge in [-0.3, -0.25) is 0 Å². The highest BCUT2D eigenvalue weighted by atomic mass is 32.2. The van der Waals surface area contributed by atoms with Crippen molar-refractivity contribution in [2.24, 2.45) is 0 Å². The zero-order chi connectivity index (χ0) is 10.8. The van der Waals surface area contributed by atoms with E-state index in [2.05, 4.69) is 25.7 Å². The molecule has 0 rings (SSSR count). The molecule has 0 spiro atoms. The molecule has 0 fully saturated rings. The van der Waals surface area contributed by atoms with Crippen LogP contribution < -0.4 is 0 Å². The maximum absolute atomic E-state index is 9.72. The third-order valence-electron chi connectivity index (χ3n) is 2.32. The molecule has 1 unspecified atom stereocenters. The van der Waals surface area contributed by atoms with Crippen molar-refractivity contribution in [3.05, 3.63) is 0 Å². The van der Waals surface area contributed by atoms with E-state index in [0.717, 1.165) is 25.4 Å². The van der Waals surface area contributed by atoms with Crippen molar-refractivity contribution in [2.75, 3.05) is 31.1 Å². The van der Waals surface area contributed by atoms with Gasteiger partial charge in [-0.15, -0.1) is 0 Å². The van der Waals surface area contributed by atoms with E-state index >= 15 is 0 Å². The van der Waals surface area contributed by atoms with Crippen molar-refractivity contribution in [3.8, 4) is 0 Å². The Bertz CT molecular complexity index is 118. The van der Waals surface area contributed by atoms with Crippen molar-refractivity contribution in [2.45, 2.75) is 39.7 Å². The van der Waals surface area contributed by atoms with E-state index in [1.54, 1.807) is 0 Å². The van der Waals surface area contributed by atoms with Crippen LogP contribution in [0.3, 0.4) is 0 Å². The second kappa shape index (κ2) is 9.81. The number of aliphatic hydroxyl groups is 1. The Labute approximate surface area is 93.1 Å². The molecule has 0 saturated heterocycles. The van der Waals surface area contributed by atoms with Crippen molar-refractivity contribution in [1.29, 1.82) is 0 Å². The van der Waals surface area contributed by atoms with Gasteiger partial charge in [-0.05, 0) is 25.3 Å². The first-order valence-electron chi connectivity index (χ1n) is 5.72. The number of aliphatic hydroxyl groups excluding tert-OH is 1. The van der Waals surface area contributed by atoms with E-state index in [1.165, 1.54) is 18.6 Å². The Morgan fingerprint density at radius 2 is 1.86 bits per heavy atom. The maximum Gasteiger partial charge on any atom is 0.0757 e. The lowest BCUT2D eigenvalue weighted by atomic mass is 10.3. The minimum atomic E-state index is -0.156. The molecule has 0 aliphatic carbocycles. The van der Waals surface area contributed by atoms with E-state index in [-0.39, 0.29) is 6.10 Å². The predicted molar refractivity (Wildman–Crippen MR) is 66.0 cm³/mol. The van der Waals surface area contributed by atoms with Crippen LogP contribution in [0.15, 0.2) is 0 Å². The van der Waals surface area contributed by atoms with Crippen LogP contribution >= 0.6 is 11.8 Å². The molecule has 1 N–H and O–H groups in total. The highest BCUT2D eigenvalue weighted by Crippen LogP contribution is 2.07. The molecule has 14 heavy (non-hydrogen) atoms. The molecule has 3 heteroatoms. The summed E-state index contributed by atoms with van der Waals surface area (Å²) in [5.74, 6) is 2.07. The Balaban J connectivity index is 3.38. The Morgan fingerprint density at radius 1 is 1.21 bits per heavy atom. The number of rotatable bonds is 9. The van der Waals surface area contributed by atoms with Crippen molar-refractivity contribution in [3.63, 3.8) is 0 Å². The van der Waals surface area contributed by atoms with Gasteiger partial charge in [-0.2, -0.15) is 11.8 Å². The topological polar surface area (TPSA) is 23.5 Å². The summed E-state index contributed by atoms with van der Waals surface area (Å²) in [6, 6.07) is 0. The molecule has 86 valence electrons. The van der Waals surface area contributed by atoms with E-state index in [4.69, 9.17) is 0 Å². The lowest BCUT2D eigenvalue weighted by Crippen LogP contribution is -2.33. The molecular weight excluding hydrogens is 194 g/mol. The molecular formula is C11H25NOS. The van der Waals surface area contributed by atoms with E-state index < -0.39 is 0 Å². The first-order valence-corrected chi connectivity index (χ1v) is 6.88. The lowest BCUT2D eigenvalue weighted by molar-refractivity contribution is 0.137. The van der Waals surface area contributed by atoms with Crippen molar-refractivity contribution >= 4 is 11.8 Å². The summed E-state index contributed by atoms with van der Waals surface area (Å²) in [6.07, 6.45) is 2.36. The van der Waals surface area contributed by atoms with Crippen molar-refractivity contribution < 1.29 is 5.11 Å². The molecule has 2 nitrogen and oxygen atoms in total. The van der Waals surface area contributed by atoms with Crippen LogP contribution in [-0.4, -0.2) is 47.3 Å². The summed E-state index contributed by atoms with van der Waals surface area (Å²) in [7, 11) is 0. The van der Waals surface area contributed by atoms with Gasteiger partial charge in [0, 0.05) is 12.3 Å². The van der Waals surface area contributed by atoms with Crippen molar-refractivity contribution in [1.82, 2.24) is 4.90 Å². The SMILES string of the molecule is CCCCSCC(O)CN(CC)CC. The van der Waals surface area contributed by atoms with Gasteiger partial charge in [-0.1, -0.05) is 27.2 Å². The summed E-state index contributed by atoms with van der Waals surface area (Å²) in [4.78, 5) is 2.27. The molecule has 1 atom stereocenters. The fourth-order valence-corrected chi connectivity index (χ4v) is 2.34. The van der Waals surface area contributed by atoms with Crippen LogP contribution in [0, 0.1) is 0 Å². The zero-order valence-corrected chi connectivity index (χ0v) is 10.6. The Hall–Kier alpha value is 0.270. The minimum absolute atomic E-state index is 0.156. The smallest absolute Gasteiger partial charge is 0.0757 e. The second-order valence-electron chi connectivity index (χ2n) is 3.57. The average molecular weight is 219 g/mol. The summed E-state index contributed by atoms with van der Waals surface area (Å²) in [5.41, 5.74) is 0. The summed E-state index contributed by atoms with van der Waals surface area (Å²) in [6.45, 7) is 9.38. The molecule has 0 saturated carbocycles. The average Bonchev–Trinajstić information content (AvgIpc) is 2.21. The van der Waals surface area contributed by atoms with Crippen LogP contribution in [0.2, 0.25) is 0 Å². The van der Waals surface area contributed by atoms with Gasteiger partial charge < -0.3 is 10.0 Å². The third-order valence-corrected chi connectivity index (χ3v) is 3.51. The maximum atomic E-state index is 9.72. The number of nitrogens with zero attached hydrogens (tertiary/aromatic N) is 1.